The van der Waals surface area contributed by atoms with Crippen molar-refractivity contribution >= 4 is 11.4 Å². The molecule has 1 unspecified atom stereocenters. The summed E-state index contributed by atoms with van der Waals surface area (Å²) < 4.78 is 43.0. The molecule has 24 heavy (non-hydrogen) atoms. The lowest BCUT2D eigenvalue weighted by Crippen LogP contribution is -2.50. The normalized spacial score (nSPS) is 16.3. The maximum Gasteiger partial charge on any atom is 0.164 e. The van der Waals surface area contributed by atoms with Gasteiger partial charge in [-0.2, -0.15) is 5.26 Å². The van der Waals surface area contributed by atoms with E-state index in [4.69, 9.17) is 0 Å². The molecule has 0 aliphatic rings. The SMILES string of the molecule is CC(C)(C#N)CC[C@](C)(N[S+]([O-])C(C)(C)C)c1cccc(F)c1F. The lowest BCUT2D eigenvalue weighted by molar-refractivity contribution is 0.310. The highest BCUT2D eigenvalue weighted by molar-refractivity contribution is 7.90. The Bertz CT molecular complexity index is 622. The van der Waals surface area contributed by atoms with E-state index in [-0.39, 0.29) is 5.56 Å². The van der Waals surface area contributed by atoms with Crippen molar-refractivity contribution in [3.63, 3.8) is 0 Å². The Morgan fingerprint density at radius 2 is 1.71 bits per heavy atom. The number of rotatable bonds is 6. The smallest absolute Gasteiger partial charge is 0.164 e. The minimum Gasteiger partial charge on any atom is -0.598 e. The number of hydrogen-bond donors (Lipinski definition) is 1. The van der Waals surface area contributed by atoms with E-state index in [0.29, 0.717) is 12.8 Å². The average Bonchev–Trinajstić information content (AvgIpc) is 2.47. The molecule has 6 heteroatoms. The lowest BCUT2D eigenvalue weighted by atomic mass is 9.80. The zero-order valence-corrected chi connectivity index (χ0v) is 16.0. The fourth-order valence-corrected chi connectivity index (χ4v) is 3.07. The molecule has 2 atom stereocenters. The van der Waals surface area contributed by atoms with E-state index in [1.54, 1.807) is 41.5 Å². The molecule has 0 fully saturated rings. The third-order valence-electron chi connectivity index (χ3n) is 3.97. The van der Waals surface area contributed by atoms with Gasteiger partial charge in [0.1, 0.15) is 4.75 Å². The van der Waals surface area contributed by atoms with Crippen molar-refractivity contribution in [3.05, 3.63) is 35.4 Å². The maximum absolute atomic E-state index is 14.4. The highest BCUT2D eigenvalue weighted by Crippen LogP contribution is 2.35. The Labute approximate surface area is 146 Å². The minimum absolute atomic E-state index is 0.119. The van der Waals surface area contributed by atoms with E-state index in [2.05, 4.69) is 10.8 Å². The zero-order valence-electron chi connectivity index (χ0n) is 15.2. The molecule has 1 N–H and O–H groups in total. The topological polar surface area (TPSA) is 58.9 Å². The van der Waals surface area contributed by atoms with Crippen molar-refractivity contribution in [1.29, 1.82) is 5.26 Å². The van der Waals surface area contributed by atoms with Crippen LogP contribution in [0, 0.1) is 28.4 Å². The zero-order chi connectivity index (χ0) is 18.8. The Morgan fingerprint density at radius 1 is 1.12 bits per heavy atom. The second-order valence-electron chi connectivity index (χ2n) is 7.91. The molecule has 0 amide bonds. The van der Waals surface area contributed by atoms with Crippen LogP contribution < -0.4 is 4.72 Å². The van der Waals surface area contributed by atoms with Crippen molar-refractivity contribution in [1.82, 2.24) is 4.72 Å². The van der Waals surface area contributed by atoms with Crippen LogP contribution in [-0.4, -0.2) is 9.30 Å². The van der Waals surface area contributed by atoms with E-state index in [9.17, 15) is 18.6 Å². The van der Waals surface area contributed by atoms with Crippen molar-refractivity contribution in [3.8, 4) is 6.07 Å². The first-order valence-electron chi connectivity index (χ1n) is 7.88. The van der Waals surface area contributed by atoms with Gasteiger partial charge in [-0.25, -0.2) is 8.78 Å². The summed E-state index contributed by atoms with van der Waals surface area (Å²) in [4.78, 5) is 0. The van der Waals surface area contributed by atoms with Crippen LogP contribution in [0.25, 0.3) is 0 Å². The summed E-state index contributed by atoms with van der Waals surface area (Å²) in [6, 6.07) is 6.18. The summed E-state index contributed by atoms with van der Waals surface area (Å²) in [6.07, 6.45) is 0.792. The first-order chi connectivity index (χ1) is 10.8. The van der Waals surface area contributed by atoms with Crippen molar-refractivity contribution < 1.29 is 13.3 Å². The van der Waals surface area contributed by atoms with Gasteiger partial charge >= 0.3 is 0 Å². The average molecular weight is 356 g/mol. The summed E-state index contributed by atoms with van der Waals surface area (Å²) in [5.74, 6) is -1.89. The molecule has 1 aromatic carbocycles. The molecule has 0 spiro atoms. The van der Waals surface area contributed by atoms with Crippen LogP contribution in [0.5, 0.6) is 0 Å². The van der Waals surface area contributed by atoms with Crippen LogP contribution in [-0.2, 0) is 16.9 Å². The van der Waals surface area contributed by atoms with Gasteiger partial charge in [0.25, 0.3) is 0 Å². The van der Waals surface area contributed by atoms with Gasteiger partial charge in [-0.1, -0.05) is 12.1 Å². The fourth-order valence-electron chi connectivity index (χ4n) is 2.15. The number of nitrogens with zero attached hydrogens (tertiary/aromatic N) is 1. The predicted octanol–water partition coefficient (Wildman–Crippen LogP) is 4.56. The number of nitriles is 1. The summed E-state index contributed by atoms with van der Waals surface area (Å²) in [6.45, 7) is 10.7. The maximum atomic E-state index is 14.4. The van der Waals surface area contributed by atoms with Gasteiger partial charge in [-0.05, 0) is 60.5 Å². The van der Waals surface area contributed by atoms with Gasteiger partial charge in [-0.3, -0.25) is 0 Å². The van der Waals surface area contributed by atoms with Gasteiger partial charge in [-0.15, -0.1) is 4.72 Å². The molecule has 0 bridgehead atoms. The molecule has 0 aromatic heterocycles. The van der Waals surface area contributed by atoms with Crippen LogP contribution in [0.15, 0.2) is 18.2 Å². The van der Waals surface area contributed by atoms with Gasteiger partial charge in [0.2, 0.25) is 0 Å². The van der Waals surface area contributed by atoms with E-state index in [1.165, 1.54) is 12.1 Å². The number of halogens is 2. The Kier molecular flexibility index (Phi) is 6.43. The second-order valence-corrected chi connectivity index (χ2v) is 9.88. The molecule has 3 nitrogen and oxygen atoms in total. The van der Waals surface area contributed by atoms with Crippen LogP contribution in [0.4, 0.5) is 8.78 Å². The molecule has 0 heterocycles. The van der Waals surface area contributed by atoms with E-state index in [0.717, 1.165) is 6.07 Å². The largest absolute Gasteiger partial charge is 0.598 e. The number of benzene rings is 1. The molecule has 1 rings (SSSR count). The molecular formula is C18H26F2N2OS. The Balaban J connectivity index is 3.25. The molecule has 0 aliphatic heterocycles. The summed E-state index contributed by atoms with van der Waals surface area (Å²) >= 11 is -1.47. The molecule has 0 saturated carbocycles. The molecule has 0 saturated heterocycles. The molecular weight excluding hydrogens is 330 g/mol. The Hall–Kier alpha value is -1.16. The lowest BCUT2D eigenvalue weighted by Gasteiger charge is -2.36. The third kappa shape index (κ3) is 5.17. The highest BCUT2D eigenvalue weighted by Gasteiger charge is 2.40. The predicted molar refractivity (Wildman–Crippen MR) is 93.4 cm³/mol. The highest BCUT2D eigenvalue weighted by atomic mass is 32.2. The van der Waals surface area contributed by atoms with Gasteiger partial charge < -0.3 is 4.55 Å². The second kappa shape index (κ2) is 7.38. The van der Waals surface area contributed by atoms with Crippen molar-refractivity contribution in [2.75, 3.05) is 0 Å². The Morgan fingerprint density at radius 3 is 2.21 bits per heavy atom. The van der Waals surface area contributed by atoms with Crippen molar-refractivity contribution in [2.45, 2.75) is 64.7 Å². The van der Waals surface area contributed by atoms with Crippen LogP contribution in [0.1, 0.15) is 59.9 Å². The third-order valence-corrected chi connectivity index (χ3v) is 5.72. The van der Waals surface area contributed by atoms with E-state index in [1.807, 2.05) is 0 Å². The van der Waals surface area contributed by atoms with Crippen LogP contribution in [0.2, 0.25) is 0 Å². The van der Waals surface area contributed by atoms with E-state index < -0.39 is 38.7 Å². The molecule has 0 radical (unpaired) electrons. The first-order valence-corrected chi connectivity index (χ1v) is 9.03. The quantitative estimate of drug-likeness (QED) is 0.760. The van der Waals surface area contributed by atoms with Crippen molar-refractivity contribution in [2.24, 2.45) is 5.41 Å². The molecule has 134 valence electrons. The summed E-state index contributed by atoms with van der Waals surface area (Å²) in [7, 11) is 0. The van der Waals surface area contributed by atoms with Gasteiger partial charge in [0.15, 0.2) is 11.6 Å². The fraction of sp³-hybridized carbons (Fsp3) is 0.611. The van der Waals surface area contributed by atoms with Crippen LogP contribution >= 0.6 is 0 Å². The van der Waals surface area contributed by atoms with Gasteiger partial charge in [0.05, 0.1) is 17.0 Å². The minimum atomic E-state index is -1.47. The first kappa shape index (κ1) is 20.9. The number of hydrogen-bond acceptors (Lipinski definition) is 3. The van der Waals surface area contributed by atoms with Gasteiger partial charge in [0, 0.05) is 16.9 Å². The summed E-state index contributed by atoms with van der Waals surface area (Å²) in [5.41, 5.74) is -1.55. The monoisotopic (exact) mass is 356 g/mol. The molecule has 1 aromatic rings. The van der Waals surface area contributed by atoms with E-state index >= 15 is 0 Å². The molecule has 0 aliphatic carbocycles. The summed E-state index contributed by atoms with van der Waals surface area (Å²) in [5, 5.41) is 9.21. The standard InChI is InChI=1S/C18H26F2N2OS/c1-16(2,3)24(23)22-18(6,11-10-17(4,5)12-21)13-8-7-9-14(19)15(13)20/h7-9,22H,10-11H2,1-6H3/t18-,24?/m0/s1. The number of nitrogens with one attached hydrogen (secondary N) is 1. The van der Waals surface area contributed by atoms with Crippen LogP contribution in [0.3, 0.4) is 0 Å².